The lowest BCUT2D eigenvalue weighted by Gasteiger charge is -2.30. The molecule has 5 nitrogen and oxygen atoms in total. The van der Waals surface area contributed by atoms with Crippen molar-refractivity contribution in [3.8, 4) is 0 Å². The van der Waals surface area contributed by atoms with Gasteiger partial charge < -0.3 is 14.4 Å². The lowest BCUT2D eigenvalue weighted by Crippen LogP contribution is -2.44. The quantitative estimate of drug-likeness (QED) is 0.742. The van der Waals surface area contributed by atoms with Crippen LogP contribution in [0.5, 0.6) is 0 Å². The Labute approximate surface area is 161 Å². The van der Waals surface area contributed by atoms with Crippen molar-refractivity contribution in [2.45, 2.75) is 6.10 Å². The summed E-state index contributed by atoms with van der Waals surface area (Å²) >= 11 is 11.8. The van der Waals surface area contributed by atoms with Crippen LogP contribution in [0.4, 0.5) is 0 Å². The maximum Gasteiger partial charge on any atom is 0.339 e. The van der Waals surface area contributed by atoms with E-state index >= 15 is 0 Å². The Morgan fingerprint density at radius 1 is 1.00 bits per heavy atom. The molecular formula is C19H17Cl2NO4. The number of benzene rings is 2. The van der Waals surface area contributed by atoms with Gasteiger partial charge in [0.1, 0.15) is 0 Å². The molecule has 0 radical (unpaired) electrons. The maximum atomic E-state index is 12.9. The molecule has 0 N–H and O–H groups in total. The first kappa shape index (κ1) is 18.7. The van der Waals surface area contributed by atoms with Crippen molar-refractivity contribution in [1.82, 2.24) is 4.90 Å². The number of carbonyl (C=O) groups is 2. The Bertz CT molecular complexity index is 791. The van der Waals surface area contributed by atoms with Crippen LogP contribution in [0.15, 0.2) is 48.5 Å². The highest BCUT2D eigenvalue weighted by Crippen LogP contribution is 2.26. The number of hydrogen-bond donors (Lipinski definition) is 0. The van der Waals surface area contributed by atoms with Gasteiger partial charge in [0, 0.05) is 18.7 Å². The molecule has 0 aromatic heterocycles. The van der Waals surface area contributed by atoms with Gasteiger partial charge in [0.15, 0.2) is 0 Å². The summed E-state index contributed by atoms with van der Waals surface area (Å²) in [5.74, 6) is -0.910. The minimum absolute atomic E-state index is 0.232. The summed E-state index contributed by atoms with van der Waals surface area (Å²) in [5, 5.41) is 0.587. The maximum absolute atomic E-state index is 12.9. The predicted octanol–water partition coefficient (Wildman–Crippen LogP) is 3.75. The zero-order valence-corrected chi connectivity index (χ0v) is 15.4. The van der Waals surface area contributed by atoms with Crippen LogP contribution in [0, 0.1) is 0 Å². The third kappa shape index (κ3) is 4.36. The molecule has 0 unspecified atom stereocenters. The minimum Gasteiger partial charge on any atom is -0.444 e. The largest absolute Gasteiger partial charge is 0.444 e. The van der Waals surface area contributed by atoms with E-state index < -0.39 is 12.1 Å². The summed E-state index contributed by atoms with van der Waals surface area (Å²) in [4.78, 5) is 27.1. The van der Waals surface area contributed by atoms with Crippen LogP contribution < -0.4 is 0 Å². The molecule has 136 valence electrons. The van der Waals surface area contributed by atoms with Crippen molar-refractivity contribution in [3.63, 3.8) is 0 Å². The van der Waals surface area contributed by atoms with E-state index in [9.17, 15) is 9.59 Å². The van der Waals surface area contributed by atoms with E-state index in [2.05, 4.69) is 0 Å². The Balaban J connectivity index is 1.84. The second-order valence-corrected chi connectivity index (χ2v) is 6.58. The third-order valence-electron chi connectivity index (χ3n) is 4.03. The van der Waals surface area contributed by atoms with Crippen molar-refractivity contribution in [2.75, 3.05) is 26.3 Å². The minimum atomic E-state index is -1.03. The molecule has 1 saturated heterocycles. The van der Waals surface area contributed by atoms with E-state index in [0.29, 0.717) is 36.9 Å². The molecular weight excluding hydrogens is 377 g/mol. The number of halogens is 2. The number of carbonyl (C=O) groups excluding carboxylic acids is 2. The summed E-state index contributed by atoms with van der Waals surface area (Å²) < 4.78 is 10.8. The van der Waals surface area contributed by atoms with Gasteiger partial charge in [-0.2, -0.15) is 0 Å². The van der Waals surface area contributed by atoms with Gasteiger partial charge in [-0.25, -0.2) is 4.79 Å². The molecule has 0 saturated carbocycles. The van der Waals surface area contributed by atoms with E-state index in [1.54, 1.807) is 29.2 Å². The van der Waals surface area contributed by atoms with Crippen molar-refractivity contribution in [3.05, 3.63) is 69.7 Å². The Morgan fingerprint density at radius 2 is 1.69 bits per heavy atom. The molecule has 0 aliphatic carbocycles. The highest BCUT2D eigenvalue weighted by Gasteiger charge is 2.30. The molecule has 2 aromatic rings. The van der Waals surface area contributed by atoms with Gasteiger partial charge in [0.2, 0.25) is 6.10 Å². The van der Waals surface area contributed by atoms with Crippen molar-refractivity contribution in [2.24, 2.45) is 0 Å². The summed E-state index contributed by atoms with van der Waals surface area (Å²) in [6.07, 6.45) is -1.03. The van der Waals surface area contributed by atoms with Crippen LogP contribution in [0.25, 0.3) is 0 Å². The summed E-state index contributed by atoms with van der Waals surface area (Å²) in [6, 6.07) is 13.4. The van der Waals surface area contributed by atoms with Crippen molar-refractivity contribution < 1.29 is 19.1 Å². The van der Waals surface area contributed by atoms with Gasteiger partial charge in [0.05, 0.1) is 28.8 Å². The van der Waals surface area contributed by atoms with Gasteiger partial charge >= 0.3 is 5.97 Å². The molecule has 1 atom stereocenters. The molecule has 3 rings (SSSR count). The number of ether oxygens (including phenoxy) is 2. The number of esters is 1. The third-order valence-corrected chi connectivity index (χ3v) is 4.77. The number of nitrogens with zero attached hydrogens (tertiary/aromatic N) is 1. The first-order valence-electron chi connectivity index (χ1n) is 8.14. The molecule has 1 heterocycles. The van der Waals surface area contributed by atoms with E-state index in [0.717, 1.165) is 0 Å². The Kier molecular flexibility index (Phi) is 6.14. The van der Waals surface area contributed by atoms with Crippen LogP contribution >= 0.6 is 23.2 Å². The monoisotopic (exact) mass is 393 g/mol. The summed E-state index contributed by atoms with van der Waals surface area (Å²) in [5.41, 5.74) is 0.840. The van der Waals surface area contributed by atoms with Crippen LogP contribution in [0.2, 0.25) is 10.0 Å². The van der Waals surface area contributed by atoms with E-state index in [1.165, 1.54) is 18.2 Å². The lowest BCUT2D eigenvalue weighted by atomic mass is 10.1. The van der Waals surface area contributed by atoms with Crippen molar-refractivity contribution >= 4 is 35.1 Å². The molecule has 1 fully saturated rings. The Morgan fingerprint density at radius 3 is 2.35 bits per heavy atom. The number of hydrogen-bond acceptors (Lipinski definition) is 4. The molecule has 7 heteroatoms. The topological polar surface area (TPSA) is 55.8 Å². The van der Waals surface area contributed by atoms with Gasteiger partial charge in [-0.05, 0) is 18.2 Å². The zero-order chi connectivity index (χ0) is 18.5. The molecule has 26 heavy (non-hydrogen) atoms. The second-order valence-electron chi connectivity index (χ2n) is 5.76. The average Bonchev–Trinajstić information content (AvgIpc) is 2.69. The molecule has 2 aromatic carbocycles. The Hall–Kier alpha value is -2.08. The number of amides is 1. The second kappa shape index (κ2) is 8.54. The highest BCUT2D eigenvalue weighted by atomic mass is 35.5. The zero-order valence-electron chi connectivity index (χ0n) is 13.9. The van der Waals surface area contributed by atoms with Gasteiger partial charge in [-0.3, -0.25) is 4.79 Å². The van der Waals surface area contributed by atoms with E-state index in [-0.39, 0.29) is 16.5 Å². The summed E-state index contributed by atoms with van der Waals surface area (Å²) in [6.45, 7) is 1.86. The van der Waals surface area contributed by atoms with Crippen LogP contribution in [-0.4, -0.2) is 43.1 Å². The van der Waals surface area contributed by atoms with Crippen LogP contribution in [0.1, 0.15) is 22.0 Å². The first-order valence-corrected chi connectivity index (χ1v) is 8.89. The van der Waals surface area contributed by atoms with Gasteiger partial charge in [0.25, 0.3) is 5.91 Å². The van der Waals surface area contributed by atoms with Crippen LogP contribution in [0.3, 0.4) is 0 Å². The SMILES string of the molecule is O=C(O[C@H](C(=O)N1CCOCC1)c1ccccc1)c1ccc(Cl)c(Cl)c1. The highest BCUT2D eigenvalue weighted by molar-refractivity contribution is 6.42. The first-order chi connectivity index (χ1) is 12.6. The average molecular weight is 394 g/mol. The van der Waals surface area contributed by atoms with Gasteiger partial charge in [-0.15, -0.1) is 0 Å². The predicted molar refractivity (Wildman–Crippen MR) is 98.5 cm³/mol. The summed E-state index contributed by atoms with van der Waals surface area (Å²) in [7, 11) is 0. The molecule has 1 amide bonds. The number of rotatable bonds is 4. The fraction of sp³-hybridized carbons (Fsp3) is 0.263. The van der Waals surface area contributed by atoms with Crippen molar-refractivity contribution in [1.29, 1.82) is 0 Å². The van der Waals surface area contributed by atoms with Crippen LogP contribution in [-0.2, 0) is 14.3 Å². The molecule has 0 bridgehead atoms. The standard InChI is InChI=1S/C19H17Cl2NO4/c20-15-7-6-14(12-16(15)21)19(24)26-17(13-4-2-1-3-5-13)18(23)22-8-10-25-11-9-22/h1-7,12,17H,8-11H2/t17-/m0/s1. The smallest absolute Gasteiger partial charge is 0.339 e. The fourth-order valence-corrected chi connectivity index (χ4v) is 2.93. The normalized spacial score (nSPS) is 15.4. The molecule has 0 spiro atoms. The molecule has 1 aliphatic rings. The molecule has 1 aliphatic heterocycles. The van der Waals surface area contributed by atoms with E-state index in [1.807, 2.05) is 6.07 Å². The lowest BCUT2D eigenvalue weighted by molar-refractivity contribution is -0.145. The fourth-order valence-electron chi connectivity index (χ4n) is 2.64. The van der Waals surface area contributed by atoms with E-state index in [4.69, 9.17) is 32.7 Å². The van der Waals surface area contributed by atoms with Gasteiger partial charge in [-0.1, -0.05) is 53.5 Å². The number of morpholine rings is 1.